The first-order valence-electron chi connectivity index (χ1n) is 7.02. The summed E-state index contributed by atoms with van der Waals surface area (Å²) in [4.78, 5) is 7.04. The van der Waals surface area contributed by atoms with Gasteiger partial charge in [-0.3, -0.25) is 0 Å². The van der Waals surface area contributed by atoms with Crippen molar-refractivity contribution in [2.24, 2.45) is 0 Å². The molecule has 118 valence electrons. The van der Waals surface area contributed by atoms with Crippen LogP contribution in [-0.4, -0.2) is 35.7 Å². The largest absolute Gasteiger partial charge is 0.474 e. The summed E-state index contributed by atoms with van der Waals surface area (Å²) in [5.41, 5.74) is 0.281. The SMILES string of the molecule is CCNCc1cc(OC2CCNCC2)nc(C(F)(F)F)n1. The van der Waals surface area contributed by atoms with E-state index in [1.54, 1.807) is 0 Å². The van der Waals surface area contributed by atoms with Gasteiger partial charge in [-0.1, -0.05) is 6.92 Å². The molecule has 0 amide bonds. The van der Waals surface area contributed by atoms with E-state index in [1.807, 2.05) is 6.92 Å². The van der Waals surface area contributed by atoms with Crippen LogP contribution in [0.3, 0.4) is 0 Å². The Morgan fingerprint density at radius 3 is 2.67 bits per heavy atom. The summed E-state index contributed by atoms with van der Waals surface area (Å²) in [6, 6.07) is 1.47. The summed E-state index contributed by atoms with van der Waals surface area (Å²) < 4.78 is 44.1. The molecule has 0 radical (unpaired) electrons. The van der Waals surface area contributed by atoms with Crippen LogP contribution in [0.2, 0.25) is 0 Å². The molecule has 1 aromatic heterocycles. The molecule has 1 aliphatic heterocycles. The zero-order chi connectivity index (χ0) is 15.3. The van der Waals surface area contributed by atoms with Crippen molar-refractivity contribution in [2.45, 2.75) is 38.6 Å². The molecule has 0 spiro atoms. The summed E-state index contributed by atoms with van der Waals surface area (Å²) in [6.07, 6.45) is -3.16. The number of hydrogen-bond acceptors (Lipinski definition) is 5. The number of hydrogen-bond donors (Lipinski definition) is 2. The summed E-state index contributed by atoms with van der Waals surface area (Å²) in [6.45, 7) is 4.37. The van der Waals surface area contributed by atoms with E-state index >= 15 is 0 Å². The lowest BCUT2D eigenvalue weighted by Crippen LogP contribution is -2.34. The van der Waals surface area contributed by atoms with Crippen molar-refractivity contribution in [3.8, 4) is 5.88 Å². The van der Waals surface area contributed by atoms with E-state index in [1.165, 1.54) is 6.07 Å². The first-order chi connectivity index (χ1) is 9.99. The van der Waals surface area contributed by atoms with E-state index in [4.69, 9.17) is 4.74 Å². The van der Waals surface area contributed by atoms with E-state index in [9.17, 15) is 13.2 Å². The third-order valence-corrected chi connectivity index (χ3v) is 3.14. The molecule has 1 aliphatic rings. The molecule has 5 nitrogen and oxygen atoms in total. The van der Waals surface area contributed by atoms with Gasteiger partial charge in [0.05, 0.1) is 5.69 Å². The molecule has 0 atom stereocenters. The Labute approximate surface area is 121 Å². The summed E-state index contributed by atoms with van der Waals surface area (Å²) in [7, 11) is 0. The lowest BCUT2D eigenvalue weighted by molar-refractivity contribution is -0.145. The van der Waals surface area contributed by atoms with E-state index in [-0.39, 0.29) is 24.2 Å². The average Bonchev–Trinajstić information content (AvgIpc) is 2.45. The second kappa shape index (κ2) is 7.04. The van der Waals surface area contributed by atoms with Crippen LogP contribution in [0.25, 0.3) is 0 Å². The fourth-order valence-electron chi connectivity index (χ4n) is 2.09. The number of ether oxygens (including phenoxy) is 1. The highest BCUT2D eigenvalue weighted by atomic mass is 19.4. The Hall–Kier alpha value is -1.41. The van der Waals surface area contributed by atoms with E-state index in [2.05, 4.69) is 20.6 Å². The standard InChI is InChI=1S/C13H19F3N4O/c1-2-17-8-9-7-11(20-12(19-9)13(14,15)16)21-10-3-5-18-6-4-10/h7,10,17-18H,2-6,8H2,1H3. The minimum atomic E-state index is -4.57. The van der Waals surface area contributed by atoms with Crippen molar-refractivity contribution in [1.29, 1.82) is 0 Å². The number of nitrogens with zero attached hydrogens (tertiary/aromatic N) is 2. The first kappa shape index (κ1) is 16.0. The zero-order valence-electron chi connectivity index (χ0n) is 11.8. The van der Waals surface area contributed by atoms with Gasteiger partial charge in [0.2, 0.25) is 11.7 Å². The molecule has 0 saturated carbocycles. The smallest absolute Gasteiger partial charge is 0.451 e. The number of piperidine rings is 1. The third kappa shape index (κ3) is 4.82. The maximum absolute atomic E-state index is 12.8. The predicted octanol–water partition coefficient (Wildman–Crippen LogP) is 1.74. The Kier molecular flexibility index (Phi) is 5.35. The van der Waals surface area contributed by atoms with Gasteiger partial charge >= 0.3 is 6.18 Å². The Bertz CT molecular complexity index is 461. The lowest BCUT2D eigenvalue weighted by Gasteiger charge is -2.23. The normalized spacial score (nSPS) is 17.0. The number of nitrogens with one attached hydrogen (secondary N) is 2. The van der Waals surface area contributed by atoms with Crippen LogP contribution in [0, 0.1) is 0 Å². The third-order valence-electron chi connectivity index (χ3n) is 3.14. The molecule has 8 heteroatoms. The van der Waals surface area contributed by atoms with Gasteiger partial charge in [0.15, 0.2) is 0 Å². The minimum absolute atomic E-state index is 0.00266. The Balaban J connectivity index is 2.17. The average molecular weight is 304 g/mol. The molecule has 2 N–H and O–H groups in total. The summed E-state index contributed by atoms with van der Waals surface area (Å²) >= 11 is 0. The molecule has 0 aliphatic carbocycles. The maximum Gasteiger partial charge on any atom is 0.451 e. The molecule has 0 aromatic carbocycles. The molecular formula is C13H19F3N4O. The van der Waals surface area contributed by atoms with Gasteiger partial charge in [-0.25, -0.2) is 4.98 Å². The first-order valence-corrected chi connectivity index (χ1v) is 7.02. The van der Waals surface area contributed by atoms with Crippen LogP contribution in [0.5, 0.6) is 5.88 Å². The number of rotatable bonds is 5. The topological polar surface area (TPSA) is 59.1 Å². The van der Waals surface area contributed by atoms with E-state index < -0.39 is 12.0 Å². The van der Waals surface area contributed by atoms with Crippen molar-refractivity contribution in [3.63, 3.8) is 0 Å². The Morgan fingerprint density at radius 2 is 2.05 bits per heavy atom. The molecule has 2 heterocycles. The van der Waals surface area contributed by atoms with Crippen molar-refractivity contribution in [2.75, 3.05) is 19.6 Å². The number of halogens is 3. The van der Waals surface area contributed by atoms with Crippen molar-refractivity contribution < 1.29 is 17.9 Å². The van der Waals surface area contributed by atoms with Gasteiger partial charge in [-0.15, -0.1) is 0 Å². The van der Waals surface area contributed by atoms with Crippen LogP contribution in [0.15, 0.2) is 6.07 Å². The summed E-state index contributed by atoms with van der Waals surface area (Å²) in [5, 5.41) is 6.12. The van der Waals surface area contributed by atoms with Crippen molar-refractivity contribution >= 4 is 0 Å². The van der Waals surface area contributed by atoms with Crippen LogP contribution in [0.4, 0.5) is 13.2 Å². The van der Waals surface area contributed by atoms with Gasteiger partial charge < -0.3 is 15.4 Å². The highest BCUT2D eigenvalue weighted by molar-refractivity contribution is 5.18. The molecule has 0 unspecified atom stereocenters. The molecule has 0 bridgehead atoms. The lowest BCUT2D eigenvalue weighted by atomic mass is 10.1. The van der Waals surface area contributed by atoms with Gasteiger partial charge in [-0.05, 0) is 32.5 Å². The second-order valence-electron chi connectivity index (χ2n) is 4.87. The van der Waals surface area contributed by atoms with Crippen LogP contribution in [0.1, 0.15) is 31.3 Å². The molecule has 1 aromatic rings. The van der Waals surface area contributed by atoms with Gasteiger partial charge in [-0.2, -0.15) is 18.2 Å². The van der Waals surface area contributed by atoms with Crippen LogP contribution >= 0.6 is 0 Å². The minimum Gasteiger partial charge on any atom is -0.474 e. The van der Waals surface area contributed by atoms with Crippen molar-refractivity contribution in [1.82, 2.24) is 20.6 Å². The second-order valence-corrected chi connectivity index (χ2v) is 4.87. The molecule has 21 heavy (non-hydrogen) atoms. The predicted molar refractivity (Wildman–Crippen MR) is 70.9 cm³/mol. The molecule has 1 fully saturated rings. The Morgan fingerprint density at radius 1 is 1.33 bits per heavy atom. The van der Waals surface area contributed by atoms with Gasteiger partial charge in [0.1, 0.15) is 6.10 Å². The highest BCUT2D eigenvalue weighted by Gasteiger charge is 2.35. The zero-order valence-corrected chi connectivity index (χ0v) is 11.8. The molecular weight excluding hydrogens is 285 g/mol. The maximum atomic E-state index is 12.8. The van der Waals surface area contributed by atoms with E-state index in [0.29, 0.717) is 6.54 Å². The number of aromatic nitrogens is 2. The number of alkyl halides is 3. The monoisotopic (exact) mass is 304 g/mol. The van der Waals surface area contributed by atoms with Crippen LogP contribution in [-0.2, 0) is 12.7 Å². The fraction of sp³-hybridized carbons (Fsp3) is 0.692. The van der Waals surface area contributed by atoms with Gasteiger partial charge in [0.25, 0.3) is 0 Å². The van der Waals surface area contributed by atoms with E-state index in [0.717, 1.165) is 25.9 Å². The molecule has 2 rings (SSSR count). The quantitative estimate of drug-likeness (QED) is 0.868. The van der Waals surface area contributed by atoms with Gasteiger partial charge in [0, 0.05) is 12.6 Å². The molecule has 1 saturated heterocycles. The highest BCUT2D eigenvalue weighted by Crippen LogP contribution is 2.28. The fourth-order valence-corrected chi connectivity index (χ4v) is 2.09. The van der Waals surface area contributed by atoms with Crippen molar-refractivity contribution in [3.05, 3.63) is 17.6 Å². The van der Waals surface area contributed by atoms with Crippen LogP contribution < -0.4 is 15.4 Å². The summed E-state index contributed by atoms with van der Waals surface area (Å²) in [5.74, 6) is -1.15.